The number of carbonyl (C=O) groups is 1. The Hall–Kier alpha value is -3.52. The van der Waals surface area contributed by atoms with E-state index < -0.39 is 4.33 Å². The molecule has 1 amide bonds. The predicted octanol–water partition coefficient (Wildman–Crippen LogP) is 7.76. The van der Waals surface area contributed by atoms with Crippen LogP contribution in [0.2, 0.25) is 0 Å². The van der Waals surface area contributed by atoms with Gasteiger partial charge in [0, 0.05) is 10.6 Å². The lowest BCUT2D eigenvalue weighted by molar-refractivity contribution is -0.114. The van der Waals surface area contributed by atoms with Gasteiger partial charge in [-0.15, -0.1) is 11.3 Å². The molecule has 1 spiro atoms. The van der Waals surface area contributed by atoms with Crippen molar-refractivity contribution in [3.05, 3.63) is 130 Å². The Morgan fingerprint density at radius 3 is 2.06 bits per heavy atom. The van der Waals surface area contributed by atoms with Crippen molar-refractivity contribution in [2.45, 2.75) is 4.33 Å². The lowest BCUT2D eigenvalue weighted by atomic mass is 10.2. The molecule has 0 N–H and O–H groups in total. The van der Waals surface area contributed by atoms with Crippen molar-refractivity contribution in [2.24, 2.45) is 5.10 Å². The van der Waals surface area contributed by atoms with Gasteiger partial charge in [0.05, 0.1) is 10.6 Å². The summed E-state index contributed by atoms with van der Waals surface area (Å²) >= 11 is 4.75. The number of thioether (sulfide) groups is 2. The van der Waals surface area contributed by atoms with Crippen LogP contribution in [0.15, 0.2) is 125 Å². The number of hydrogen-bond acceptors (Lipinski definition) is 6. The molecule has 176 valence electrons. The van der Waals surface area contributed by atoms with Crippen LogP contribution in [0.3, 0.4) is 0 Å². The molecule has 3 heterocycles. The maximum atomic E-state index is 14.0. The summed E-state index contributed by atoms with van der Waals surface area (Å²) in [5, 5.41) is 9.88. The Balaban J connectivity index is 1.47. The molecule has 0 saturated carbocycles. The van der Waals surface area contributed by atoms with Crippen LogP contribution >= 0.6 is 34.9 Å². The second kappa shape index (κ2) is 9.85. The van der Waals surface area contributed by atoms with E-state index in [-0.39, 0.29) is 5.91 Å². The van der Waals surface area contributed by atoms with E-state index in [1.165, 1.54) is 0 Å². The van der Waals surface area contributed by atoms with Crippen LogP contribution in [-0.2, 0) is 4.79 Å². The van der Waals surface area contributed by atoms with Crippen LogP contribution in [0.1, 0.15) is 10.4 Å². The fourth-order valence-corrected chi connectivity index (χ4v) is 7.71. The summed E-state index contributed by atoms with van der Waals surface area (Å²) in [6, 6.07) is 34.1. The summed E-state index contributed by atoms with van der Waals surface area (Å²) in [5.74, 6) is -0.0310. The molecule has 0 aliphatic carbocycles. The topological polar surface area (TPSA) is 35.9 Å². The van der Waals surface area contributed by atoms with Crippen LogP contribution in [0.25, 0.3) is 12.2 Å². The van der Waals surface area contributed by atoms with Crippen molar-refractivity contribution >= 4 is 69.3 Å². The van der Waals surface area contributed by atoms with Gasteiger partial charge in [0.15, 0.2) is 0 Å². The average Bonchev–Trinajstić information content (AvgIpc) is 3.63. The number of amides is 1. The minimum absolute atomic E-state index is 0.0310. The third-order valence-corrected chi connectivity index (χ3v) is 9.19. The Kier molecular flexibility index (Phi) is 6.27. The number of para-hydroxylation sites is 2. The van der Waals surface area contributed by atoms with Crippen molar-refractivity contribution in [1.29, 1.82) is 0 Å². The molecule has 36 heavy (non-hydrogen) atoms. The summed E-state index contributed by atoms with van der Waals surface area (Å²) < 4.78 is -0.834. The summed E-state index contributed by atoms with van der Waals surface area (Å²) in [4.78, 5) is 17.6. The molecule has 7 heteroatoms. The Bertz CT molecular complexity index is 1450. The van der Waals surface area contributed by atoms with Gasteiger partial charge in [0.2, 0.25) is 4.33 Å². The van der Waals surface area contributed by atoms with E-state index in [2.05, 4.69) is 18.2 Å². The molecular formula is C29H21N3OS3. The van der Waals surface area contributed by atoms with E-state index in [0.717, 1.165) is 26.9 Å². The zero-order valence-corrected chi connectivity index (χ0v) is 21.5. The minimum atomic E-state index is -0.834. The first-order valence-corrected chi connectivity index (χ1v) is 13.9. The molecule has 0 bridgehead atoms. The fourth-order valence-electron chi connectivity index (χ4n) is 4.08. The third-order valence-electron chi connectivity index (χ3n) is 5.69. The molecule has 4 aromatic rings. The molecule has 1 saturated heterocycles. The van der Waals surface area contributed by atoms with E-state index in [4.69, 9.17) is 5.10 Å². The van der Waals surface area contributed by atoms with E-state index >= 15 is 0 Å². The zero-order valence-electron chi connectivity index (χ0n) is 19.1. The molecule has 2 aliphatic heterocycles. The highest BCUT2D eigenvalue weighted by atomic mass is 32.2. The lowest BCUT2D eigenvalue weighted by Crippen LogP contribution is -2.51. The van der Waals surface area contributed by atoms with Gasteiger partial charge in [-0.3, -0.25) is 9.69 Å². The Morgan fingerprint density at radius 2 is 1.39 bits per heavy atom. The largest absolute Gasteiger partial charge is 0.268 e. The minimum Gasteiger partial charge on any atom is -0.268 e. The molecule has 1 aromatic heterocycles. The van der Waals surface area contributed by atoms with Gasteiger partial charge in [-0.2, -0.15) is 5.10 Å². The molecule has 0 radical (unpaired) electrons. The third kappa shape index (κ3) is 4.30. The van der Waals surface area contributed by atoms with E-state index in [1.54, 1.807) is 34.9 Å². The average molecular weight is 524 g/mol. The highest BCUT2D eigenvalue weighted by Crippen LogP contribution is 2.59. The molecule has 1 fully saturated rings. The maximum absolute atomic E-state index is 14.0. The monoisotopic (exact) mass is 523 g/mol. The normalized spacial score (nSPS) is 20.7. The molecule has 6 rings (SSSR count). The van der Waals surface area contributed by atoms with Crippen LogP contribution in [0.4, 0.5) is 11.4 Å². The highest BCUT2D eigenvalue weighted by molar-refractivity contribution is 8.28. The van der Waals surface area contributed by atoms with Crippen LogP contribution in [0, 0.1) is 0 Å². The Morgan fingerprint density at radius 1 is 0.722 bits per heavy atom. The van der Waals surface area contributed by atoms with Gasteiger partial charge in [0.25, 0.3) is 5.91 Å². The van der Waals surface area contributed by atoms with Crippen molar-refractivity contribution in [1.82, 2.24) is 0 Å². The van der Waals surface area contributed by atoms with E-state index in [0.29, 0.717) is 4.91 Å². The molecule has 1 atom stereocenters. The van der Waals surface area contributed by atoms with Crippen molar-refractivity contribution in [2.75, 3.05) is 9.91 Å². The van der Waals surface area contributed by atoms with Crippen LogP contribution in [0.5, 0.6) is 0 Å². The predicted molar refractivity (Wildman–Crippen MR) is 156 cm³/mol. The smallest absolute Gasteiger partial charge is 0.268 e. The van der Waals surface area contributed by atoms with Gasteiger partial charge < -0.3 is 0 Å². The molecule has 3 aromatic carbocycles. The fraction of sp³-hybridized carbons (Fsp3) is 0.0345. The second-order valence-electron chi connectivity index (χ2n) is 8.08. The number of hydrazone groups is 1. The molecule has 4 nitrogen and oxygen atoms in total. The number of hydrogen-bond donors (Lipinski definition) is 0. The van der Waals surface area contributed by atoms with Crippen molar-refractivity contribution in [3.63, 3.8) is 0 Å². The maximum Gasteiger partial charge on any atom is 0.268 e. The zero-order chi connectivity index (χ0) is 24.4. The molecular weight excluding hydrogens is 503 g/mol. The van der Waals surface area contributed by atoms with Gasteiger partial charge >= 0.3 is 0 Å². The van der Waals surface area contributed by atoms with Gasteiger partial charge in [0.1, 0.15) is 5.04 Å². The summed E-state index contributed by atoms with van der Waals surface area (Å²) in [7, 11) is 0. The SMILES string of the molecule is O=C1/C(=C\c2cccs2)S[C@@]2(SC(/C=C/c3ccccc3)=NN2c2ccccc2)N1c1ccccc1. The quantitative estimate of drug-likeness (QED) is 0.251. The number of carbonyl (C=O) groups excluding carboxylic acids is 1. The number of anilines is 2. The summed E-state index contributed by atoms with van der Waals surface area (Å²) in [5.41, 5.74) is 2.86. The second-order valence-corrected chi connectivity index (χ2v) is 11.7. The van der Waals surface area contributed by atoms with E-state index in [1.807, 2.05) is 118 Å². The summed E-state index contributed by atoms with van der Waals surface area (Å²) in [6.45, 7) is 0. The van der Waals surface area contributed by atoms with Crippen molar-refractivity contribution in [3.8, 4) is 0 Å². The number of nitrogens with zero attached hydrogens (tertiary/aromatic N) is 3. The first-order valence-electron chi connectivity index (χ1n) is 11.4. The Labute approximate surface area is 222 Å². The van der Waals surface area contributed by atoms with Crippen molar-refractivity contribution < 1.29 is 4.79 Å². The summed E-state index contributed by atoms with van der Waals surface area (Å²) in [6.07, 6.45) is 6.08. The highest BCUT2D eigenvalue weighted by Gasteiger charge is 2.58. The van der Waals surface area contributed by atoms with Crippen LogP contribution < -0.4 is 9.91 Å². The van der Waals surface area contributed by atoms with Gasteiger partial charge in [-0.1, -0.05) is 90.6 Å². The van der Waals surface area contributed by atoms with E-state index in [9.17, 15) is 4.79 Å². The number of rotatable bonds is 5. The lowest BCUT2D eigenvalue weighted by Gasteiger charge is -2.38. The van der Waals surface area contributed by atoms with Gasteiger partial charge in [-0.05, 0) is 65.2 Å². The van der Waals surface area contributed by atoms with Gasteiger partial charge in [-0.25, -0.2) is 5.01 Å². The van der Waals surface area contributed by atoms with Crippen LogP contribution in [-0.4, -0.2) is 15.3 Å². The number of thiophene rings is 1. The first-order chi connectivity index (χ1) is 17.7. The molecule has 0 unspecified atom stereocenters. The number of benzene rings is 3. The standard InChI is InChI=1S/C29H21N3OS3/c33-28-26(21-25-17-10-20-34-25)35-29(31(28)23-13-6-2-7-14-23)32(24-15-8-3-9-16-24)30-27(36-29)19-18-22-11-4-1-5-12-22/h1-21H/b19-18+,26-21+/t29-/m1/s1. The molecule has 2 aliphatic rings. The first kappa shape index (κ1) is 22.9.